The van der Waals surface area contributed by atoms with Crippen LogP contribution in [0, 0.1) is 5.82 Å². The number of ether oxygens (including phenoxy) is 1. The maximum absolute atomic E-state index is 13.5. The van der Waals surface area contributed by atoms with Crippen molar-refractivity contribution in [1.82, 2.24) is 5.32 Å². The van der Waals surface area contributed by atoms with Crippen molar-refractivity contribution in [2.24, 2.45) is 0 Å². The predicted molar refractivity (Wildman–Crippen MR) is 79.6 cm³/mol. The Kier molecular flexibility index (Phi) is 5.17. The van der Waals surface area contributed by atoms with Gasteiger partial charge in [0.25, 0.3) is 5.91 Å². The monoisotopic (exact) mass is 329 g/mol. The number of carbonyl (C=O) groups excluding carboxylic acids is 1. The molecule has 0 spiro atoms. The molecule has 0 saturated heterocycles. The Hall–Kier alpha value is -1.63. The minimum atomic E-state index is -0.726. The van der Waals surface area contributed by atoms with Gasteiger partial charge in [-0.1, -0.05) is 17.7 Å². The molecule has 1 aromatic heterocycles. The molecule has 2 aromatic rings. The molecule has 2 rings (SSSR count). The second kappa shape index (κ2) is 6.89. The van der Waals surface area contributed by atoms with Crippen LogP contribution in [0.1, 0.15) is 21.3 Å². The zero-order valence-electron chi connectivity index (χ0n) is 11.1. The summed E-state index contributed by atoms with van der Waals surface area (Å²) in [6.07, 6.45) is 0. The highest BCUT2D eigenvalue weighted by Crippen LogP contribution is 2.26. The quantitative estimate of drug-likeness (QED) is 0.886. The van der Waals surface area contributed by atoms with E-state index in [1.165, 1.54) is 30.6 Å². The fourth-order valence-corrected chi connectivity index (χ4v) is 2.69. The molecule has 0 aliphatic rings. The first-order valence-corrected chi connectivity index (χ1v) is 7.30. The Balaban J connectivity index is 2.19. The van der Waals surface area contributed by atoms with Crippen LogP contribution in [-0.2, 0) is 0 Å². The number of rotatable bonds is 5. The van der Waals surface area contributed by atoms with Crippen LogP contribution in [0.3, 0.4) is 0 Å². The van der Waals surface area contributed by atoms with Crippen LogP contribution in [0.25, 0.3) is 0 Å². The van der Waals surface area contributed by atoms with Crippen molar-refractivity contribution in [3.05, 3.63) is 50.9 Å². The largest absolute Gasteiger partial charge is 0.495 e. The lowest BCUT2D eigenvalue weighted by Gasteiger charge is -2.17. The summed E-state index contributed by atoms with van der Waals surface area (Å²) in [6, 6.07) is 5.08. The van der Waals surface area contributed by atoms with Crippen LogP contribution in [0.4, 0.5) is 4.39 Å². The fraction of sp³-hybridized carbons (Fsp3) is 0.214. The van der Waals surface area contributed by atoms with E-state index in [0.29, 0.717) is 16.2 Å². The summed E-state index contributed by atoms with van der Waals surface area (Å²) in [4.78, 5) is 12.6. The summed E-state index contributed by atoms with van der Waals surface area (Å²) in [5.41, 5.74) is 0.434. The van der Waals surface area contributed by atoms with E-state index in [1.807, 2.05) is 0 Å². The molecule has 0 radical (unpaired) electrons. The molecule has 0 aliphatic heterocycles. The Bertz CT molecular complexity index is 647. The lowest BCUT2D eigenvalue weighted by molar-refractivity contribution is 0.0917. The number of aliphatic hydroxyl groups is 1. The van der Waals surface area contributed by atoms with Crippen molar-refractivity contribution in [2.45, 2.75) is 6.04 Å². The molecule has 4 nitrogen and oxygen atoms in total. The van der Waals surface area contributed by atoms with Crippen LogP contribution in [-0.4, -0.2) is 24.7 Å². The van der Waals surface area contributed by atoms with Gasteiger partial charge in [0, 0.05) is 0 Å². The van der Waals surface area contributed by atoms with E-state index in [0.717, 1.165) is 0 Å². The highest BCUT2D eigenvalue weighted by Gasteiger charge is 2.19. The summed E-state index contributed by atoms with van der Waals surface area (Å²) < 4.78 is 18.5. The van der Waals surface area contributed by atoms with E-state index < -0.39 is 17.8 Å². The number of carbonyl (C=O) groups is 1. The minimum absolute atomic E-state index is 0.0123. The molecule has 1 atom stereocenters. The van der Waals surface area contributed by atoms with Crippen LogP contribution >= 0.6 is 22.9 Å². The maximum Gasteiger partial charge on any atom is 0.265 e. The van der Waals surface area contributed by atoms with E-state index in [2.05, 4.69) is 5.32 Å². The average molecular weight is 330 g/mol. The zero-order valence-corrected chi connectivity index (χ0v) is 12.7. The first kappa shape index (κ1) is 15.8. The molecule has 112 valence electrons. The number of nitrogens with one attached hydrogen (secondary N) is 1. The van der Waals surface area contributed by atoms with Crippen molar-refractivity contribution in [1.29, 1.82) is 0 Å². The fourth-order valence-electron chi connectivity index (χ4n) is 1.81. The molecule has 0 aliphatic carbocycles. The maximum atomic E-state index is 13.5. The standard InChI is InChI=1S/C14H13ClFNO3S/c1-20-12-4-5-21-13(12)14(19)17-11(7-18)8-2-3-9(15)10(16)6-8/h2-6,11,18H,7H2,1H3,(H,17,19). The molecule has 0 saturated carbocycles. The van der Waals surface area contributed by atoms with Gasteiger partial charge in [0.05, 0.1) is 24.8 Å². The van der Waals surface area contributed by atoms with Gasteiger partial charge in [-0.25, -0.2) is 4.39 Å². The Morgan fingerprint density at radius 1 is 1.52 bits per heavy atom. The van der Waals surface area contributed by atoms with Gasteiger partial charge in [0.2, 0.25) is 0 Å². The summed E-state index contributed by atoms with van der Waals surface area (Å²) in [5, 5.41) is 13.8. The van der Waals surface area contributed by atoms with Crippen molar-refractivity contribution in [3.63, 3.8) is 0 Å². The first-order valence-electron chi connectivity index (χ1n) is 6.05. The number of benzene rings is 1. The van der Waals surface area contributed by atoms with E-state index >= 15 is 0 Å². The van der Waals surface area contributed by atoms with Gasteiger partial charge in [-0.3, -0.25) is 4.79 Å². The summed E-state index contributed by atoms with van der Waals surface area (Å²) in [7, 11) is 1.47. The van der Waals surface area contributed by atoms with E-state index in [1.54, 1.807) is 17.5 Å². The van der Waals surface area contributed by atoms with E-state index in [-0.39, 0.29) is 11.6 Å². The van der Waals surface area contributed by atoms with Crippen molar-refractivity contribution in [2.75, 3.05) is 13.7 Å². The number of aliphatic hydroxyl groups excluding tert-OH is 1. The van der Waals surface area contributed by atoms with Crippen molar-refractivity contribution in [3.8, 4) is 5.75 Å². The molecule has 1 aromatic carbocycles. The lowest BCUT2D eigenvalue weighted by atomic mass is 10.1. The number of methoxy groups -OCH3 is 1. The Morgan fingerprint density at radius 3 is 2.90 bits per heavy atom. The third kappa shape index (κ3) is 3.53. The number of amides is 1. The highest BCUT2D eigenvalue weighted by atomic mass is 35.5. The second-order valence-electron chi connectivity index (χ2n) is 4.20. The molecule has 1 unspecified atom stereocenters. The van der Waals surface area contributed by atoms with Gasteiger partial charge in [0.15, 0.2) is 0 Å². The predicted octanol–water partition coefficient (Wildman–Crippen LogP) is 3.01. The number of halogens is 2. The average Bonchev–Trinajstić information content (AvgIpc) is 2.96. The zero-order chi connectivity index (χ0) is 15.4. The molecule has 0 bridgehead atoms. The van der Waals surface area contributed by atoms with Crippen LogP contribution < -0.4 is 10.1 Å². The number of thiophene rings is 1. The first-order chi connectivity index (χ1) is 10.1. The third-order valence-corrected chi connectivity index (χ3v) is 4.09. The van der Waals surface area contributed by atoms with Gasteiger partial charge < -0.3 is 15.2 Å². The van der Waals surface area contributed by atoms with Crippen molar-refractivity contribution < 1.29 is 19.0 Å². The highest BCUT2D eigenvalue weighted by molar-refractivity contribution is 7.12. The van der Waals surface area contributed by atoms with Gasteiger partial charge in [-0.05, 0) is 29.1 Å². The Morgan fingerprint density at radius 2 is 2.29 bits per heavy atom. The smallest absolute Gasteiger partial charge is 0.265 e. The number of hydrogen-bond acceptors (Lipinski definition) is 4. The second-order valence-corrected chi connectivity index (χ2v) is 5.52. The topological polar surface area (TPSA) is 58.6 Å². The van der Waals surface area contributed by atoms with Crippen LogP contribution in [0.15, 0.2) is 29.6 Å². The summed E-state index contributed by atoms with van der Waals surface area (Å²) >= 11 is 6.84. The normalized spacial score (nSPS) is 12.0. The molecule has 2 N–H and O–H groups in total. The van der Waals surface area contributed by atoms with Gasteiger partial charge >= 0.3 is 0 Å². The molecule has 0 fully saturated rings. The van der Waals surface area contributed by atoms with E-state index in [4.69, 9.17) is 16.3 Å². The molecule has 1 heterocycles. The van der Waals surface area contributed by atoms with Gasteiger partial charge in [0.1, 0.15) is 16.4 Å². The van der Waals surface area contributed by atoms with Crippen LogP contribution in [0.2, 0.25) is 5.02 Å². The molecule has 7 heteroatoms. The minimum Gasteiger partial charge on any atom is -0.495 e. The summed E-state index contributed by atoms with van der Waals surface area (Å²) in [5.74, 6) is -0.539. The number of hydrogen-bond donors (Lipinski definition) is 2. The Labute approximate surface area is 130 Å². The molecule has 1 amide bonds. The molecule has 21 heavy (non-hydrogen) atoms. The van der Waals surface area contributed by atoms with Crippen LogP contribution in [0.5, 0.6) is 5.75 Å². The van der Waals surface area contributed by atoms with E-state index in [9.17, 15) is 14.3 Å². The molecular weight excluding hydrogens is 317 g/mol. The summed E-state index contributed by atoms with van der Waals surface area (Å²) in [6.45, 7) is -0.361. The van der Waals surface area contributed by atoms with Crippen molar-refractivity contribution >= 4 is 28.8 Å². The third-order valence-electron chi connectivity index (χ3n) is 2.89. The molecular formula is C14H13ClFNO3S. The lowest BCUT2D eigenvalue weighted by Crippen LogP contribution is -2.30. The van der Waals surface area contributed by atoms with Gasteiger partial charge in [-0.2, -0.15) is 0 Å². The van der Waals surface area contributed by atoms with Gasteiger partial charge in [-0.15, -0.1) is 11.3 Å². The SMILES string of the molecule is COc1ccsc1C(=O)NC(CO)c1ccc(Cl)c(F)c1.